The molecule has 0 aliphatic heterocycles. The zero-order valence-electron chi connectivity index (χ0n) is 11.4. The molecule has 0 heterocycles. The third kappa shape index (κ3) is 9.12. The molecule has 0 nitrogen and oxygen atoms in total. The topological polar surface area (TPSA) is 0 Å². The van der Waals surface area contributed by atoms with Gasteiger partial charge in [-0.05, 0) is 35.6 Å². The Kier molecular flexibility index (Phi) is 13.8. The second-order valence-electron chi connectivity index (χ2n) is 3.71. The standard InChI is InChI=1S/2C7H9P.C2H3.Ni/c2*1-6-4-2-3-5-7(6)8;1-2;/h2*2-5H,8H2,1H3;1H,2H2;/q;;-1;. The van der Waals surface area contributed by atoms with E-state index in [1.165, 1.54) is 21.7 Å². The molecular weight excluding hydrogens is 313 g/mol. The van der Waals surface area contributed by atoms with Gasteiger partial charge in [-0.15, -0.1) is 18.5 Å². The average molecular weight is 334 g/mol. The third-order valence-corrected chi connectivity index (χ3v) is 3.67. The van der Waals surface area contributed by atoms with E-state index >= 15 is 0 Å². The molecule has 2 atom stereocenters. The zero-order chi connectivity index (χ0) is 14.0. The van der Waals surface area contributed by atoms with Gasteiger partial charge in [-0.3, -0.25) is 6.58 Å². The molecule has 0 saturated heterocycles. The van der Waals surface area contributed by atoms with Crippen LogP contribution in [0.4, 0.5) is 0 Å². The van der Waals surface area contributed by atoms with Gasteiger partial charge in [0, 0.05) is 16.5 Å². The van der Waals surface area contributed by atoms with Crippen LogP contribution in [0.25, 0.3) is 0 Å². The molecule has 106 valence electrons. The molecule has 0 N–H and O–H groups in total. The van der Waals surface area contributed by atoms with Crippen LogP contribution >= 0.6 is 18.5 Å². The molecule has 3 heteroatoms. The Balaban J connectivity index is 0. The van der Waals surface area contributed by atoms with Gasteiger partial charge in [-0.25, -0.2) is 0 Å². The van der Waals surface area contributed by atoms with Crippen molar-refractivity contribution < 1.29 is 16.5 Å². The van der Waals surface area contributed by atoms with E-state index in [0.29, 0.717) is 0 Å². The van der Waals surface area contributed by atoms with Gasteiger partial charge in [0.05, 0.1) is 0 Å². The van der Waals surface area contributed by atoms with Crippen LogP contribution in [0.3, 0.4) is 0 Å². The van der Waals surface area contributed by atoms with Crippen molar-refractivity contribution in [1.82, 2.24) is 0 Å². The summed E-state index contributed by atoms with van der Waals surface area (Å²) < 4.78 is 0. The molecule has 0 amide bonds. The van der Waals surface area contributed by atoms with Crippen molar-refractivity contribution in [2.45, 2.75) is 13.8 Å². The van der Waals surface area contributed by atoms with Gasteiger partial charge in [0.2, 0.25) is 0 Å². The second-order valence-corrected chi connectivity index (χ2v) is 4.96. The average Bonchev–Trinajstić information content (AvgIpc) is 2.40. The van der Waals surface area contributed by atoms with Crippen molar-refractivity contribution in [3.8, 4) is 0 Å². The first-order chi connectivity index (χ1) is 8.61. The van der Waals surface area contributed by atoms with Crippen LogP contribution in [0.1, 0.15) is 11.1 Å². The van der Waals surface area contributed by atoms with Gasteiger partial charge in [-0.2, -0.15) is 0 Å². The Morgan fingerprint density at radius 1 is 0.737 bits per heavy atom. The summed E-state index contributed by atoms with van der Waals surface area (Å²) in [6.07, 6.45) is 0. The van der Waals surface area contributed by atoms with E-state index in [-0.39, 0.29) is 16.5 Å². The summed E-state index contributed by atoms with van der Waals surface area (Å²) in [5.41, 5.74) is 2.66. The van der Waals surface area contributed by atoms with Crippen LogP contribution in [-0.4, -0.2) is 0 Å². The number of rotatable bonds is 0. The minimum atomic E-state index is 0. The first-order valence-corrected chi connectivity index (χ1v) is 6.79. The van der Waals surface area contributed by atoms with Crippen molar-refractivity contribution in [1.29, 1.82) is 0 Å². The van der Waals surface area contributed by atoms with E-state index < -0.39 is 0 Å². The molecular formula is C16H21NiP2-. The monoisotopic (exact) mass is 333 g/mol. The third-order valence-electron chi connectivity index (χ3n) is 2.38. The van der Waals surface area contributed by atoms with Crippen LogP contribution in [0.5, 0.6) is 0 Å². The van der Waals surface area contributed by atoms with E-state index in [0.717, 1.165) is 0 Å². The predicted octanol–water partition coefficient (Wildman–Crippen LogP) is 3.59. The molecule has 0 radical (unpaired) electrons. The molecule has 2 unspecified atom stereocenters. The fourth-order valence-corrected chi connectivity index (χ4v) is 1.59. The first kappa shape index (κ1) is 20.8. The normalized spacial score (nSPS) is 8.00. The van der Waals surface area contributed by atoms with Gasteiger partial charge in [0.1, 0.15) is 0 Å². The number of hydrogen-bond donors (Lipinski definition) is 0. The fraction of sp³-hybridized carbons (Fsp3) is 0.125. The fourth-order valence-electron chi connectivity index (χ4n) is 1.17. The molecule has 2 rings (SSSR count). The van der Waals surface area contributed by atoms with Crippen molar-refractivity contribution in [2.75, 3.05) is 0 Å². The SMILES string of the molecule is Cc1ccccc1P.Cc1ccccc1P.[CH-]=C.[Ni]. The molecule has 2 aromatic carbocycles. The summed E-state index contributed by atoms with van der Waals surface area (Å²) in [4.78, 5) is 0. The van der Waals surface area contributed by atoms with Gasteiger partial charge in [0.25, 0.3) is 0 Å². The summed E-state index contributed by atoms with van der Waals surface area (Å²) in [6.45, 7) is 11.2. The minimum Gasteiger partial charge on any atom is -0.521 e. The molecule has 0 fully saturated rings. The summed E-state index contributed by atoms with van der Waals surface area (Å²) >= 11 is 0. The Morgan fingerprint density at radius 3 is 1.16 bits per heavy atom. The number of aryl methyl sites for hydroxylation is 2. The Morgan fingerprint density at radius 2 is 1.00 bits per heavy atom. The van der Waals surface area contributed by atoms with Crippen molar-refractivity contribution in [3.63, 3.8) is 0 Å². The van der Waals surface area contributed by atoms with Gasteiger partial charge in [-0.1, -0.05) is 48.5 Å². The van der Waals surface area contributed by atoms with E-state index in [1.54, 1.807) is 0 Å². The summed E-state index contributed by atoms with van der Waals surface area (Å²) in [7, 11) is 5.37. The van der Waals surface area contributed by atoms with E-state index in [2.05, 4.69) is 69.8 Å². The smallest absolute Gasteiger partial charge is 0 e. The van der Waals surface area contributed by atoms with Crippen LogP contribution in [0.2, 0.25) is 0 Å². The Labute approximate surface area is 132 Å². The Bertz CT molecular complexity index is 384. The molecule has 0 aromatic heterocycles. The zero-order valence-corrected chi connectivity index (χ0v) is 14.7. The molecule has 0 aliphatic carbocycles. The van der Waals surface area contributed by atoms with Gasteiger partial charge in [0.15, 0.2) is 0 Å². The van der Waals surface area contributed by atoms with Crippen molar-refractivity contribution >= 4 is 29.1 Å². The maximum absolute atomic E-state index is 4.25. The van der Waals surface area contributed by atoms with Crippen LogP contribution in [-0.2, 0) is 16.5 Å². The van der Waals surface area contributed by atoms with E-state index in [9.17, 15) is 0 Å². The van der Waals surface area contributed by atoms with E-state index in [1.807, 2.05) is 24.3 Å². The largest absolute Gasteiger partial charge is 0.521 e. The molecule has 19 heavy (non-hydrogen) atoms. The molecule has 2 aromatic rings. The summed E-state index contributed by atoms with van der Waals surface area (Å²) in [6, 6.07) is 16.5. The van der Waals surface area contributed by atoms with Crippen molar-refractivity contribution in [3.05, 3.63) is 72.8 Å². The number of benzene rings is 2. The summed E-state index contributed by atoms with van der Waals surface area (Å²) in [5.74, 6) is 0. The Hall–Kier alpha value is -0.466. The minimum absolute atomic E-state index is 0. The molecule has 0 spiro atoms. The first-order valence-electron chi connectivity index (χ1n) is 5.64. The summed E-state index contributed by atoms with van der Waals surface area (Å²) in [5, 5.41) is 2.57. The predicted molar refractivity (Wildman–Crippen MR) is 91.0 cm³/mol. The maximum Gasteiger partial charge on any atom is 0 e. The molecule has 0 bridgehead atoms. The quantitative estimate of drug-likeness (QED) is 0.392. The molecule has 0 aliphatic rings. The van der Waals surface area contributed by atoms with Crippen LogP contribution in [0.15, 0.2) is 55.1 Å². The second kappa shape index (κ2) is 12.6. The molecule has 0 saturated carbocycles. The van der Waals surface area contributed by atoms with Gasteiger partial charge < -0.3 is 6.58 Å². The number of hydrogen-bond acceptors (Lipinski definition) is 0. The van der Waals surface area contributed by atoms with Crippen LogP contribution < -0.4 is 10.6 Å². The van der Waals surface area contributed by atoms with Crippen molar-refractivity contribution in [2.24, 2.45) is 0 Å². The van der Waals surface area contributed by atoms with E-state index in [4.69, 9.17) is 0 Å². The van der Waals surface area contributed by atoms with Gasteiger partial charge >= 0.3 is 0 Å². The maximum atomic E-state index is 4.25. The van der Waals surface area contributed by atoms with Crippen LogP contribution in [0, 0.1) is 20.4 Å².